The maximum atomic E-state index is 12.4. The SMILES string of the molecule is Cc1ccccc1CN1CCCN(CC(=O)N2CCNC(=O)C2)CC1. The Balaban J connectivity index is 1.49. The average Bonchev–Trinajstić information content (AvgIpc) is 2.82. The Labute approximate surface area is 149 Å². The van der Waals surface area contributed by atoms with E-state index in [0.29, 0.717) is 19.6 Å². The molecule has 2 heterocycles. The summed E-state index contributed by atoms with van der Waals surface area (Å²) < 4.78 is 0. The predicted octanol–water partition coefficient (Wildman–Crippen LogP) is 0.461. The van der Waals surface area contributed by atoms with Gasteiger partial charge in [0.2, 0.25) is 11.8 Å². The third-order valence-electron chi connectivity index (χ3n) is 5.09. The minimum Gasteiger partial charge on any atom is -0.353 e. The molecule has 0 spiro atoms. The molecule has 2 fully saturated rings. The molecule has 1 N–H and O–H groups in total. The lowest BCUT2D eigenvalue weighted by atomic mass is 10.1. The van der Waals surface area contributed by atoms with Crippen LogP contribution in [0.1, 0.15) is 17.5 Å². The second kappa shape index (κ2) is 8.45. The third kappa shape index (κ3) is 5.03. The number of hydrogen-bond donors (Lipinski definition) is 1. The minimum absolute atomic E-state index is 0.0557. The molecule has 25 heavy (non-hydrogen) atoms. The molecular formula is C19H28N4O2. The number of aryl methyl sites for hydroxylation is 1. The van der Waals surface area contributed by atoms with Crippen LogP contribution in [-0.2, 0) is 16.1 Å². The second-order valence-corrected chi connectivity index (χ2v) is 7.00. The van der Waals surface area contributed by atoms with Gasteiger partial charge in [-0.1, -0.05) is 24.3 Å². The Bertz CT molecular complexity index is 619. The Hall–Kier alpha value is -1.92. The van der Waals surface area contributed by atoms with Crippen molar-refractivity contribution in [1.82, 2.24) is 20.0 Å². The monoisotopic (exact) mass is 344 g/mol. The molecule has 6 heteroatoms. The Morgan fingerprint density at radius 2 is 1.84 bits per heavy atom. The van der Waals surface area contributed by atoms with Crippen molar-refractivity contribution in [1.29, 1.82) is 0 Å². The fourth-order valence-corrected chi connectivity index (χ4v) is 3.51. The van der Waals surface area contributed by atoms with Crippen LogP contribution in [0.3, 0.4) is 0 Å². The highest BCUT2D eigenvalue weighted by atomic mass is 16.2. The summed E-state index contributed by atoms with van der Waals surface area (Å²) in [6.07, 6.45) is 1.07. The van der Waals surface area contributed by atoms with Gasteiger partial charge in [0, 0.05) is 32.7 Å². The molecule has 0 aromatic heterocycles. The van der Waals surface area contributed by atoms with Gasteiger partial charge in [0.05, 0.1) is 13.1 Å². The van der Waals surface area contributed by atoms with Crippen molar-refractivity contribution in [3.8, 4) is 0 Å². The number of nitrogens with one attached hydrogen (secondary N) is 1. The van der Waals surface area contributed by atoms with Crippen LogP contribution in [-0.4, -0.2) is 78.9 Å². The summed E-state index contributed by atoms with van der Waals surface area (Å²) >= 11 is 0. The second-order valence-electron chi connectivity index (χ2n) is 7.00. The molecule has 0 atom stereocenters. The van der Waals surface area contributed by atoms with E-state index in [-0.39, 0.29) is 18.4 Å². The molecular weight excluding hydrogens is 316 g/mol. The fraction of sp³-hybridized carbons (Fsp3) is 0.579. The Kier molecular flexibility index (Phi) is 6.04. The van der Waals surface area contributed by atoms with Crippen molar-refractivity contribution < 1.29 is 9.59 Å². The van der Waals surface area contributed by atoms with Crippen molar-refractivity contribution in [2.75, 3.05) is 52.4 Å². The highest BCUT2D eigenvalue weighted by Crippen LogP contribution is 2.13. The summed E-state index contributed by atoms with van der Waals surface area (Å²) in [6.45, 7) is 8.82. The summed E-state index contributed by atoms with van der Waals surface area (Å²) in [6, 6.07) is 8.53. The number of hydrogen-bond acceptors (Lipinski definition) is 4. The lowest BCUT2D eigenvalue weighted by Gasteiger charge is -2.29. The molecule has 2 amide bonds. The fourth-order valence-electron chi connectivity index (χ4n) is 3.51. The molecule has 2 aliphatic rings. The van der Waals surface area contributed by atoms with Crippen LogP contribution in [0.2, 0.25) is 0 Å². The zero-order valence-corrected chi connectivity index (χ0v) is 15.0. The van der Waals surface area contributed by atoms with E-state index in [9.17, 15) is 9.59 Å². The molecule has 3 rings (SSSR count). The highest BCUT2D eigenvalue weighted by Gasteiger charge is 2.24. The highest BCUT2D eigenvalue weighted by molar-refractivity contribution is 5.86. The molecule has 0 bridgehead atoms. The number of amides is 2. The molecule has 0 saturated carbocycles. The summed E-state index contributed by atoms with van der Waals surface area (Å²) in [5.74, 6) is 0.0158. The van der Waals surface area contributed by atoms with Gasteiger partial charge >= 0.3 is 0 Å². The van der Waals surface area contributed by atoms with Gasteiger partial charge in [0.25, 0.3) is 0 Å². The average molecular weight is 344 g/mol. The van der Waals surface area contributed by atoms with Crippen LogP contribution in [0.25, 0.3) is 0 Å². The van der Waals surface area contributed by atoms with Crippen molar-refractivity contribution >= 4 is 11.8 Å². The van der Waals surface area contributed by atoms with Gasteiger partial charge in [-0.15, -0.1) is 0 Å². The van der Waals surface area contributed by atoms with E-state index in [4.69, 9.17) is 0 Å². The number of benzene rings is 1. The lowest BCUT2D eigenvalue weighted by Crippen LogP contribution is -2.52. The molecule has 0 radical (unpaired) electrons. The first-order chi connectivity index (χ1) is 12.1. The van der Waals surface area contributed by atoms with Gasteiger partial charge in [0.15, 0.2) is 0 Å². The minimum atomic E-state index is -0.0557. The molecule has 0 aliphatic carbocycles. The van der Waals surface area contributed by atoms with Crippen molar-refractivity contribution in [3.05, 3.63) is 35.4 Å². The molecule has 0 unspecified atom stereocenters. The maximum absolute atomic E-state index is 12.4. The van der Waals surface area contributed by atoms with Crippen LogP contribution >= 0.6 is 0 Å². The standard InChI is InChI=1S/C19H28N4O2/c1-16-5-2-3-6-17(16)13-21-8-4-9-22(12-11-21)15-19(25)23-10-7-20-18(24)14-23/h2-3,5-6H,4,7-15H2,1H3,(H,20,24). The molecule has 6 nitrogen and oxygen atoms in total. The predicted molar refractivity (Wildman–Crippen MR) is 97.1 cm³/mol. The molecule has 2 saturated heterocycles. The van der Waals surface area contributed by atoms with E-state index >= 15 is 0 Å². The van der Waals surface area contributed by atoms with Crippen LogP contribution in [0.4, 0.5) is 0 Å². The molecule has 2 aliphatic heterocycles. The summed E-state index contributed by atoms with van der Waals surface area (Å²) in [5.41, 5.74) is 2.72. The molecule has 1 aromatic carbocycles. The van der Waals surface area contributed by atoms with Gasteiger partial charge < -0.3 is 10.2 Å². The van der Waals surface area contributed by atoms with E-state index < -0.39 is 0 Å². The van der Waals surface area contributed by atoms with Crippen LogP contribution in [0, 0.1) is 6.92 Å². The van der Waals surface area contributed by atoms with Gasteiger partial charge in [-0.05, 0) is 37.6 Å². The summed E-state index contributed by atoms with van der Waals surface area (Å²) in [4.78, 5) is 30.3. The van der Waals surface area contributed by atoms with Crippen LogP contribution in [0.5, 0.6) is 0 Å². The smallest absolute Gasteiger partial charge is 0.239 e. The number of carbonyl (C=O) groups is 2. The number of piperazine rings is 1. The van der Waals surface area contributed by atoms with E-state index in [1.807, 2.05) is 0 Å². The number of carbonyl (C=O) groups excluding carboxylic acids is 2. The van der Waals surface area contributed by atoms with Gasteiger partial charge in [-0.25, -0.2) is 0 Å². The molecule has 136 valence electrons. The summed E-state index contributed by atoms with van der Waals surface area (Å²) in [7, 11) is 0. The maximum Gasteiger partial charge on any atom is 0.239 e. The first-order valence-electron chi connectivity index (χ1n) is 9.15. The van der Waals surface area contributed by atoms with Gasteiger partial charge in [0.1, 0.15) is 0 Å². The van der Waals surface area contributed by atoms with E-state index in [1.165, 1.54) is 11.1 Å². The van der Waals surface area contributed by atoms with E-state index in [2.05, 4.69) is 46.3 Å². The largest absolute Gasteiger partial charge is 0.353 e. The Morgan fingerprint density at radius 3 is 2.64 bits per heavy atom. The van der Waals surface area contributed by atoms with E-state index in [0.717, 1.165) is 39.1 Å². The van der Waals surface area contributed by atoms with Gasteiger partial charge in [-0.3, -0.25) is 19.4 Å². The lowest BCUT2D eigenvalue weighted by molar-refractivity contribution is -0.139. The first kappa shape index (κ1) is 17.9. The van der Waals surface area contributed by atoms with Crippen molar-refractivity contribution in [3.63, 3.8) is 0 Å². The number of rotatable bonds is 4. The molecule has 1 aromatic rings. The zero-order valence-electron chi connectivity index (χ0n) is 15.0. The Morgan fingerprint density at radius 1 is 1.08 bits per heavy atom. The first-order valence-corrected chi connectivity index (χ1v) is 9.15. The zero-order chi connectivity index (χ0) is 17.6. The number of nitrogens with zero attached hydrogens (tertiary/aromatic N) is 3. The van der Waals surface area contributed by atoms with Crippen molar-refractivity contribution in [2.24, 2.45) is 0 Å². The van der Waals surface area contributed by atoms with Crippen LogP contribution in [0.15, 0.2) is 24.3 Å². The van der Waals surface area contributed by atoms with Crippen molar-refractivity contribution in [2.45, 2.75) is 19.9 Å². The third-order valence-corrected chi connectivity index (χ3v) is 5.09. The quantitative estimate of drug-likeness (QED) is 0.862. The van der Waals surface area contributed by atoms with Gasteiger partial charge in [-0.2, -0.15) is 0 Å². The van der Waals surface area contributed by atoms with E-state index in [1.54, 1.807) is 4.90 Å². The van der Waals surface area contributed by atoms with Crippen LogP contribution < -0.4 is 5.32 Å². The summed E-state index contributed by atoms with van der Waals surface area (Å²) in [5, 5.41) is 2.76. The topological polar surface area (TPSA) is 55.9 Å². The normalized spacial score (nSPS) is 20.2.